The number of rotatable bonds is 5. The van der Waals surface area contributed by atoms with Crippen molar-refractivity contribution in [1.82, 2.24) is 0 Å². The number of benzene rings is 3. The molecule has 0 spiro atoms. The molecule has 0 radical (unpaired) electrons. The van der Waals surface area contributed by atoms with Crippen LogP contribution in [0.5, 0.6) is 5.75 Å². The van der Waals surface area contributed by atoms with Crippen molar-refractivity contribution < 1.29 is 9.53 Å². The maximum absolute atomic E-state index is 12.2. The number of hydrogen-bond acceptors (Lipinski definition) is 3. The van der Waals surface area contributed by atoms with E-state index < -0.39 is 0 Å². The van der Waals surface area contributed by atoms with E-state index in [2.05, 4.69) is 11.4 Å². The zero-order valence-electron chi connectivity index (χ0n) is 13.5. The minimum Gasteiger partial charge on any atom is -0.489 e. The van der Waals surface area contributed by atoms with Crippen LogP contribution in [0.15, 0.2) is 78.9 Å². The minimum absolute atomic E-state index is 0.167. The van der Waals surface area contributed by atoms with Gasteiger partial charge in [0, 0.05) is 17.3 Å². The molecule has 0 fully saturated rings. The van der Waals surface area contributed by atoms with Gasteiger partial charge in [0.2, 0.25) is 0 Å². The van der Waals surface area contributed by atoms with E-state index in [0.29, 0.717) is 29.2 Å². The lowest BCUT2D eigenvalue weighted by Crippen LogP contribution is -2.11. The Morgan fingerprint density at radius 3 is 2.56 bits per heavy atom. The van der Waals surface area contributed by atoms with Crippen LogP contribution in [0.4, 0.5) is 5.69 Å². The third-order valence-corrected chi connectivity index (χ3v) is 3.59. The Morgan fingerprint density at radius 2 is 1.76 bits per heavy atom. The summed E-state index contributed by atoms with van der Waals surface area (Å²) in [6.07, 6.45) is 0. The predicted octanol–water partition coefficient (Wildman–Crippen LogP) is 4.39. The molecule has 0 aliphatic rings. The van der Waals surface area contributed by atoms with Crippen molar-refractivity contribution >= 4 is 11.6 Å². The van der Waals surface area contributed by atoms with Gasteiger partial charge in [-0.1, -0.05) is 36.4 Å². The maximum Gasteiger partial charge on any atom is 0.255 e. The molecule has 0 heterocycles. The van der Waals surface area contributed by atoms with Gasteiger partial charge in [-0.25, -0.2) is 0 Å². The van der Waals surface area contributed by atoms with Crippen LogP contribution in [0.2, 0.25) is 0 Å². The van der Waals surface area contributed by atoms with E-state index in [1.807, 2.05) is 48.5 Å². The zero-order valence-corrected chi connectivity index (χ0v) is 13.5. The molecular formula is C21H16N2O2. The first-order valence-electron chi connectivity index (χ1n) is 7.83. The highest BCUT2D eigenvalue weighted by molar-refractivity contribution is 6.04. The standard InChI is InChI=1S/C21H16N2O2/c22-14-16-6-4-7-17(12-16)15-25-20-11-5-10-19(13-20)23-21(24)18-8-2-1-3-9-18/h1-13H,15H2,(H,23,24). The average molecular weight is 328 g/mol. The normalized spacial score (nSPS) is 9.88. The van der Waals surface area contributed by atoms with Gasteiger partial charge in [0.15, 0.2) is 0 Å². The fraction of sp³-hybridized carbons (Fsp3) is 0.0476. The highest BCUT2D eigenvalue weighted by Gasteiger charge is 2.06. The van der Waals surface area contributed by atoms with Crippen LogP contribution in [0.3, 0.4) is 0 Å². The van der Waals surface area contributed by atoms with Crippen molar-refractivity contribution in [2.75, 3.05) is 5.32 Å². The van der Waals surface area contributed by atoms with Crippen molar-refractivity contribution in [3.05, 3.63) is 95.6 Å². The van der Waals surface area contributed by atoms with Crippen LogP contribution in [0, 0.1) is 11.3 Å². The number of carbonyl (C=O) groups is 1. The van der Waals surface area contributed by atoms with E-state index in [9.17, 15) is 4.79 Å². The second-order valence-electron chi connectivity index (χ2n) is 5.45. The number of nitrogens with zero attached hydrogens (tertiary/aromatic N) is 1. The molecule has 3 aromatic carbocycles. The Balaban J connectivity index is 1.65. The lowest BCUT2D eigenvalue weighted by molar-refractivity contribution is 0.102. The lowest BCUT2D eigenvalue weighted by Gasteiger charge is -2.09. The first kappa shape index (κ1) is 16.3. The van der Waals surface area contributed by atoms with Crippen molar-refractivity contribution in [1.29, 1.82) is 5.26 Å². The quantitative estimate of drug-likeness (QED) is 0.755. The molecule has 4 nitrogen and oxygen atoms in total. The summed E-state index contributed by atoms with van der Waals surface area (Å²) < 4.78 is 5.76. The molecule has 0 unspecified atom stereocenters. The third-order valence-electron chi connectivity index (χ3n) is 3.59. The first-order chi connectivity index (χ1) is 12.2. The molecule has 0 bridgehead atoms. The van der Waals surface area contributed by atoms with Crippen LogP contribution in [-0.4, -0.2) is 5.91 Å². The van der Waals surface area contributed by atoms with E-state index in [4.69, 9.17) is 10.00 Å². The molecule has 3 rings (SSSR count). The monoisotopic (exact) mass is 328 g/mol. The fourth-order valence-electron chi connectivity index (χ4n) is 2.35. The molecular weight excluding hydrogens is 312 g/mol. The number of nitrogens with one attached hydrogen (secondary N) is 1. The number of carbonyl (C=O) groups excluding carboxylic acids is 1. The van der Waals surface area contributed by atoms with Gasteiger partial charge in [-0.2, -0.15) is 5.26 Å². The largest absolute Gasteiger partial charge is 0.489 e. The Labute approximate surface area is 146 Å². The molecule has 0 aliphatic carbocycles. The smallest absolute Gasteiger partial charge is 0.255 e. The Bertz CT molecular complexity index is 914. The number of anilines is 1. The summed E-state index contributed by atoms with van der Waals surface area (Å²) in [4.78, 5) is 12.2. The molecule has 1 N–H and O–H groups in total. The average Bonchev–Trinajstić information content (AvgIpc) is 2.67. The van der Waals surface area contributed by atoms with E-state index in [1.54, 1.807) is 30.3 Å². The van der Waals surface area contributed by atoms with Crippen LogP contribution >= 0.6 is 0 Å². The molecule has 0 atom stereocenters. The summed E-state index contributed by atoms with van der Waals surface area (Å²) in [6.45, 7) is 0.353. The van der Waals surface area contributed by atoms with Crippen LogP contribution < -0.4 is 10.1 Å². The summed E-state index contributed by atoms with van der Waals surface area (Å²) in [6, 6.07) is 25.7. The molecule has 1 amide bonds. The summed E-state index contributed by atoms with van der Waals surface area (Å²) in [5.74, 6) is 0.479. The van der Waals surface area contributed by atoms with Gasteiger partial charge in [-0.15, -0.1) is 0 Å². The van der Waals surface area contributed by atoms with Gasteiger partial charge in [-0.05, 0) is 42.0 Å². The fourth-order valence-corrected chi connectivity index (χ4v) is 2.35. The third kappa shape index (κ3) is 4.46. The van der Waals surface area contributed by atoms with E-state index >= 15 is 0 Å². The van der Waals surface area contributed by atoms with Crippen molar-refractivity contribution in [3.8, 4) is 11.8 Å². The Morgan fingerprint density at radius 1 is 0.960 bits per heavy atom. The van der Waals surface area contributed by atoms with Crippen molar-refractivity contribution in [2.45, 2.75) is 6.61 Å². The van der Waals surface area contributed by atoms with E-state index in [0.717, 1.165) is 5.56 Å². The minimum atomic E-state index is -0.167. The second kappa shape index (κ2) is 7.80. The molecule has 3 aromatic rings. The number of amides is 1. The SMILES string of the molecule is N#Cc1cccc(COc2cccc(NC(=O)c3ccccc3)c2)c1. The molecule has 0 saturated carbocycles. The maximum atomic E-state index is 12.2. The lowest BCUT2D eigenvalue weighted by atomic mass is 10.1. The molecule has 122 valence electrons. The number of ether oxygens (including phenoxy) is 1. The van der Waals surface area contributed by atoms with Gasteiger partial charge in [0.1, 0.15) is 12.4 Å². The first-order valence-corrected chi connectivity index (χ1v) is 7.83. The van der Waals surface area contributed by atoms with E-state index in [-0.39, 0.29) is 5.91 Å². The van der Waals surface area contributed by atoms with Gasteiger partial charge < -0.3 is 10.1 Å². The van der Waals surface area contributed by atoms with Gasteiger partial charge in [0.05, 0.1) is 11.6 Å². The van der Waals surface area contributed by atoms with E-state index in [1.165, 1.54) is 0 Å². The van der Waals surface area contributed by atoms with Gasteiger partial charge in [-0.3, -0.25) is 4.79 Å². The highest BCUT2D eigenvalue weighted by Crippen LogP contribution is 2.19. The van der Waals surface area contributed by atoms with Crippen LogP contribution in [0.1, 0.15) is 21.5 Å². The summed E-state index contributed by atoms with van der Waals surface area (Å²) in [5.41, 5.74) is 2.78. The van der Waals surface area contributed by atoms with Crippen LogP contribution in [-0.2, 0) is 6.61 Å². The predicted molar refractivity (Wildman–Crippen MR) is 96.3 cm³/mol. The van der Waals surface area contributed by atoms with Crippen LogP contribution in [0.25, 0.3) is 0 Å². The molecule has 0 aromatic heterocycles. The Hall–Kier alpha value is -3.58. The summed E-state index contributed by atoms with van der Waals surface area (Å²) >= 11 is 0. The Kier molecular flexibility index (Phi) is 5.08. The number of nitriles is 1. The molecule has 0 aliphatic heterocycles. The van der Waals surface area contributed by atoms with Crippen molar-refractivity contribution in [2.24, 2.45) is 0 Å². The van der Waals surface area contributed by atoms with Gasteiger partial charge in [0.25, 0.3) is 5.91 Å². The highest BCUT2D eigenvalue weighted by atomic mass is 16.5. The van der Waals surface area contributed by atoms with Gasteiger partial charge >= 0.3 is 0 Å². The molecule has 4 heteroatoms. The summed E-state index contributed by atoms with van der Waals surface area (Å²) in [5, 5.41) is 11.8. The topological polar surface area (TPSA) is 62.1 Å². The van der Waals surface area contributed by atoms with Crippen molar-refractivity contribution in [3.63, 3.8) is 0 Å². The molecule has 25 heavy (non-hydrogen) atoms. The zero-order chi connectivity index (χ0) is 17.5. The summed E-state index contributed by atoms with van der Waals surface area (Å²) in [7, 11) is 0. The second-order valence-corrected chi connectivity index (χ2v) is 5.45. The molecule has 0 saturated heterocycles. The number of hydrogen-bond donors (Lipinski definition) is 1.